The summed E-state index contributed by atoms with van der Waals surface area (Å²) in [7, 11) is 0. The van der Waals surface area contributed by atoms with Crippen molar-refractivity contribution in [3.05, 3.63) is 59.8 Å². The quantitative estimate of drug-likeness (QED) is 0.440. The fraction of sp³-hybridized carbons (Fsp3) is 0.484. The number of morpholine rings is 1. The smallest absolute Gasteiger partial charge is 0.244 e. The summed E-state index contributed by atoms with van der Waals surface area (Å²) in [5.41, 5.74) is 5.63. The molecule has 2 aromatic carbocycles. The molecule has 6 rings (SSSR count). The van der Waals surface area contributed by atoms with E-state index in [1.165, 1.54) is 16.6 Å². The Hall–Kier alpha value is -3.32. The summed E-state index contributed by atoms with van der Waals surface area (Å²) in [4.78, 5) is 34.2. The maximum Gasteiger partial charge on any atom is 0.244 e. The van der Waals surface area contributed by atoms with Crippen molar-refractivity contribution < 1.29 is 14.3 Å². The van der Waals surface area contributed by atoms with Gasteiger partial charge >= 0.3 is 0 Å². The molecule has 2 heterocycles. The van der Waals surface area contributed by atoms with Crippen molar-refractivity contribution >= 4 is 34.1 Å². The van der Waals surface area contributed by atoms with Crippen LogP contribution >= 0.6 is 0 Å². The van der Waals surface area contributed by atoms with Crippen LogP contribution in [0.5, 0.6) is 0 Å². The van der Waals surface area contributed by atoms with Gasteiger partial charge in [-0.1, -0.05) is 32.0 Å². The van der Waals surface area contributed by atoms with E-state index in [0.29, 0.717) is 12.3 Å². The van der Waals surface area contributed by atoms with E-state index in [1.807, 2.05) is 29.2 Å². The normalized spacial score (nSPS) is 22.3. The van der Waals surface area contributed by atoms with Crippen LogP contribution < -0.4 is 10.2 Å². The molecule has 7 heteroatoms. The van der Waals surface area contributed by atoms with Gasteiger partial charge in [0.1, 0.15) is 6.54 Å². The van der Waals surface area contributed by atoms with E-state index < -0.39 is 0 Å². The molecule has 7 nitrogen and oxygen atoms in total. The summed E-state index contributed by atoms with van der Waals surface area (Å²) in [6.07, 6.45) is 2.44. The number of nitrogens with zero attached hydrogens (tertiary/aromatic N) is 2. The predicted octanol–water partition coefficient (Wildman–Crippen LogP) is 5.07. The Morgan fingerprint density at radius 3 is 2.50 bits per heavy atom. The molecule has 2 amide bonds. The average Bonchev–Trinajstić information content (AvgIpc) is 3.80. The topological polar surface area (TPSA) is 77.7 Å². The molecule has 0 radical (unpaired) electrons. The van der Waals surface area contributed by atoms with E-state index in [-0.39, 0.29) is 35.7 Å². The van der Waals surface area contributed by atoms with Crippen molar-refractivity contribution in [1.82, 2.24) is 9.88 Å². The van der Waals surface area contributed by atoms with Gasteiger partial charge < -0.3 is 24.8 Å². The number of rotatable bonds is 8. The van der Waals surface area contributed by atoms with E-state index in [9.17, 15) is 9.59 Å². The molecule has 0 bridgehead atoms. The summed E-state index contributed by atoms with van der Waals surface area (Å²) in [6, 6.07) is 16.6. The van der Waals surface area contributed by atoms with Crippen molar-refractivity contribution in [3.8, 4) is 0 Å². The number of aryl methyl sites for hydroxylation is 1. The number of carbonyl (C=O) groups is 2. The van der Waals surface area contributed by atoms with E-state index >= 15 is 0 Å². The highest BCUT2D eigenvalue weighted by Crippen LogP contribution is 2.67. The van der Waals surface area contributed by atoms with Gasteiger partial charge in [0.2, 0.25) is 11.8 Å². The maximum atomic E-state index is 13.6. The van der Waals surface area contributed by atoms with Gasteiger partial charge in [-0.2, -0.15) is 0 Å². The van der Waals surface area contributed by atoms with Gasteiger partial charge in [-0.15, -0.1) is 0 Å². The lowest BCUT2D eigenvalue weighted by Crippen LogP contribution is -2.40. The van der Waals surface area contributed by atoms with Crippen LogP contribution in [-0.4, -0.2) is 60.6 Å². The minimum atomic E-state index is -0.136. The Morgan fingerprint density at radius 1 is 1.08 bits per heavy atom. The average molecular weight is 515 g/mol. The highest BCUT2D eigenvalue weighted by atomic mass is 16.5. The van der Waals surface area contributed by atoms with Gasteiger partial charge in [0.25, 0.3) is 0 Å². The van der Waals surface area contributed by atoms with Crippen LogP contribution in [0.4, 0.5) is 11.4 Å². The number of carbonyl (C=O) groups excluding carboxylic acids is 2. The molecular weight excluding hydrogens is 476 g/mol. The molecule has 1 saturated heterocycles. The number of para-hydroxylation sites is 1. The minimum absolute atomic E-state index is 0.0467. The summed E-state index contributed by atoms with van der Waals surface area (Å²) in [5.74, 6) is 0.569. The van der Waals surface area contributed by atoms with Crippen molar-refractivity contribution in [2.45, 2.75) is 52.0 Å². The molecule has 3 aliphatic rings. The van der Waals surface area contributed by atoms with Crippen LogP contribution in [0.2, 0.25) is 0 Å². The number of ether oxygens (including phenoxy) is 1. The summed E-state index contributed by atoms with van der Waals surface area (Å²) >= 11 is 0. The van der Waals surface area contributed by atoms with Gasteiger partial charge in [-0.3, -0.25) is 9.59 Å². The lowest BCUT2D eigenvalue weighted by Gasteiger charge is -2.29. The molecule has 0 spiro atoms. The Balaban J connectivity index is 1.09. The van der Waals surface area contributed by atoms with Crippen LogP contribution in [0.15, 0.2) is 48.5 Å². The van der Waals surface area contributed by atoms with E-state index in [1.54, 1.807) is 0 Å². The second-order valence-corrected chi connectivity index (χ2v) is 11.8. The first kappa shape index (κ1) is 25.0. The van der Waals surface area contributed by atoms with Gasteiger partial charge in [0.05, 0.1) is 13.2 Å². The monoisotopic (exact) mass is 514 g/mol. The van der Waals surface area contributed by atoms with E-state index in [0.717, 1.165) is 56.0 Å². The molecule has 2 N–H and O–H groups in total. The summed E-state index contributed by atoms with van der Waals surface area (Å²) < 4.78 is 5.43. The predicted molar refractivity (Wildman–Crippen MR) is 151 cm³/mol. The Morgan fingerprint density at radius 2 is 1.79 bits per heavy atom. The first-order valence-electron chi connectivity index (χ1n) is 13.9. The third-order valence-electron chi connectivity index (χ3n) is 8.85. The van der Waals surface area contributed by atoms with Gasteiger partial charge in [0.15, 0.2) is 0 Å². The zero-order valence-corrected chi connectivity index (χ0v) is 22.6. The first-order chi connectivity index (χ1) is 18.3. The maximum absolute atomic E-state index is 13.6. The number of hydrogen-bond acceptors (Lipinski definition) is 4. The van der Waals surface area contributed by atoms with Crippen LogP contribution in [0.25, 0.3) is 10.9 Å². The second-order valence-electron chi connectivity index (χ2n) is 11.8. The lowest BCUT2D eigenvalue weighted by atomic mass is 10.0. The molecule has 2 atom stereocenters. The Kier molecular flexibility index (Phi) is 6.42. The molecule has 3 fully saturated rings. The third-order valence-corrected chi connectivity index (χ3v) is 8.85. The van der Waals surface area contributed by atoms with E-state index in [4.69, 9.17) is 4.74 Å². The molecular formula is C31H38N4O3. The number of anilines is 2. The van der Waals surface area contributed by atoms with Gasteiger partial charge in [0, 0.05) is 53.5 Å². The van der Waals surface area contributed by atoms with Crippen molar-refractivity contribution in [1.29, 1.82) is 0 Å². The second kappa shape index (κ2) is 9.77. The van der Waals surface area contributed by atoms with Gasteiger partial charge in [-0.05, 0) is 72.9 Å². The molecule has 3 aromatic rings. The molecule has 1 aromatic heterocycles. The Labute approximate surface area is 224 Å². The van der Waals surface area contributed by atoms with Crippen LogP contribution in [0, 0.1) is 18.3 Å². The van der Waals surface area contributed by atoms with E-state index in [2.05, 4.69) is 60.2 Å². The number of aromatic amines is 1. The molecule has 200 valence electrons. The summed E-state index contributed by atoms with van der Waals surface area (Å²) in [6.45, 7) is 10.0. The summed E-state index contributed by atoms with van der Waals surface area (Å²) in [5, 5.41) is 4.26. The number of hydrogen-bond donors (Lipinski definition) is 2. The van der Waals surface area contributed by atoms with Crippen molar-refractivity contribution in [2.24, 2.45) is 11.3 Å². The zero-order valence-electron chi connectivity index (χ0n) is 22.6. The SMILES string of the molecule is Cc1[nH]c2ccccc2c1C1C(CC(=O)N(CC(=O)Nc2ccc(N3CCOCC3)cc2)C2CC2)C1(C)C. The minimum Gasteiger partial charge on any atom is -0.378 e. The van der Waals surface area contributed by atoms with Crippen LogP contribution in [0.1, 0.15) is 50.3 Å². The molecule has 2 aliphatic carbocycles. The number of benzene rings is 2. The number of fused-ring (bicyclic) bond motifs is 1. The van der Waals surface area contributed by atoms with Crippen LogP contribution in [0.3, 0.4) is 0 Å². The molecule has 38 heavy (non-hydrogen) atoms. The zero-order chi connectivity index (χ0) is 26.4. The third kappa shape index (κ3) is 4.80. The fourth-order valence-corrected chi connectivity index (χ4v) is 6.44. The highest BCUT2D eigenvalue weighted by Gasteiger charge is 2.60. The van der Waals surface area contributed by atoms with Crippen LogP contribution in [-0.2, 0) is 14.3 Å². The first-order valence-corrected chi connectivity index (χ1v) is 13.9. The Bertz CT molecular complexity index is 1330. The molecule has 2 unspecified atom stereocenters. The molecule has 2 saturated carbocycles. The van der Waals surface area contributed by atoms with Gasteiger partial charge in [-0.25, -0.2) is 0 Å². The molecule has 1 aliphatic heterocycles. The number of H-pyrrole nitrogens is 1. The highest BCUT2D eigenvalue weighted by molar-refractivity contribution is 5.95. The largest absolute Gasteiger partial charge is 0.378 e. The standard InChI is InChI=1S/C31H38N4O3/c1-20-29(24-6-4-5-7-26(24)32-20)30-25(31(30,2)3)18-28(37)35(23-12-13-23)19-27(36)33-21-8-10-22(11-9-21)34-14-16-38-17-15-34/h4-11,23,25,30,32H,12-19H2,1-3H3,(H,33,36). The lowest BCUT2D eigenvalue weighted by molar-refractivity contribution is -0.135. The number of aromatic nitrogens is 1. The number of nitrogens with one attached hydrogen (secondary N) is 2. The van der Waals surface area contributed by atoms with Crippen molar-refractivity contribution in [3.63, 3.8) is 0 Å². The number of amides is 2. The van der Waals surface area contributed by atoms with Crippen molar-refractivity contribution in [2.75, 3.05) is 43.1 Å². The fourth-order valence-electron chi connectivity index (χ4n) is 6.44.